The van der Waals surface area contributed by atoms with Gasteiger partial charge in [-0.3, -0.25) is 4.79 Å². The molecule has 0 atom stereocenters. The van der Waals surface area contributed by atoms with Gasteiger partial charge >= 0.3 is 0 Å². The Morgan fingerprint density at radius 3 is 3.00 bits per heavy atom. The van der Waals surface area contributed by atoms with Crippen LogP contribution in [-0.2, 0) is 4.74 Å². The molecular formula is C15H20BrNO2. The third-order valence-electron chi connectivity index (χ3n) is 3.25. The summed E-state index contributed by atoms with van der Waals surface area (Å²) in [6, 6.07) is 5.74. The second-order valence-corrected chi connectivity index (χ2v) is 6.00. The largest absolute Gasteiger partial charge is 0.381 e. The number of aryl methyl sites for hydroxylation is 1. The first-order chi connectivity index (χ1) is 9.16. The van der Waals surface area contributed by atoms with E-state index in [0.29, 0.717) is 6.54 Å². The number of carbonyl (C=O) groups is 1. The summed E-state index contributed by atoms with van der Waals surface area (Å²) in [5, 5.41) is 2.93. The lowest BCUT2D eigenvalue weighted by atomic mass is 10.1. The molecule has 1 aromatic carbocycles. The maximum atomic E-state index is 12.0. The van der Waals surface area contributed by atoms with Crippen molar-refractivity contribution < 1.29 is 9.53 Å². The van der Waals surface area contributed by atoms with E-state index in [9.17, 15) is 4.79 Å². The molecule has 1 fully saturated rings. The first-order valence-corrected chi connectivity index (χ1v) is 7.58. The molecule has 0 heterocycles. The molecule has 1 aromatic rings. The summed E-state index contributed by atoms with van der Waals surface area (Å²) in [4.78, 5) is 12.0. The van der Waals surface area contributed by atoms with E-state index < -0.39 is 0 Å². The Labute approximate surface area is 122 Å². The molecule has 0 bridgehead atoms. The number of hydrogen-bond donors (Lipinski definition) is 1. The van der Waals surface area contributed by atoms with Gasteiger partial charge in [0.05, 0.1) is 0 Å². The van der Waals surface area contributed by atoms with Crippen LogP contribution in [0.1, 0.15) is 35.2 Å². The van der Waals surface area contributed by atoms with E-state index in [1.807, 2.05) is 25.1 Å². The van der Waals surface area contributed by atoms with Gasteiger partial charge in [-0.25, -0.2) is 0 Å². The van der Waals surface area contributed by atoms with Crippen LogP contribution in [0.3, 0.4) is 0 Å². The monoisotopic (exact) mass is 325 g/mol. The highest BCUT2D eigenvalue weighted by Crippen LogP contribution is 2.28. The van der Waals surface area contributed by atoms with Crippen LogP contribution in [0.15, 0.2) is 22.7 Å². The molecule has 0 aliphatic heterocycles. The average molecular weight is 326 g/mol. The molecule has 0 saturated heterocycles. The van der Waals surface area contributed by atoms with Gasteiger partial charge in [-0.15, -0.1) is 0 Å². The molecule has 104 valence electrons. The summed E-state index contributed by atoms with van der Waals surface area (Å²) >= 11 is 3.39. The van der Waals surface area contributed by atoms with Gasteiger partial charge in [0.15, 0.2) is 0 Å². The number of carbonyl (C=O) groups excluding carboxylic acids is 1. The van der Waals surface area contributed by atoms with Crippen molar-refractivity contribution >= 4 is 21.8 Å². The van der Waals surface area contributed by atoms with Gasteiger partial charge in [0, 0.05) is 29.8 Å². The topological polar surface area (TPSA) is 38.3 Å². The predicted molar refractivity (Wildman–Crippen MR) is 79.4 cm³/mol. The molecular weight excluding hydrogens is 306 g/mol. The third-order valence-corrected chi connectivity index (χ3v) is 3.74. The summed E-state index contributed by atoms with van der Waals surface area (Å²) in [7, 11) is 0. The zero-order chi connectivity index (χ0) is 13.7. The lowest BCUT2D eigenvalue weighted by Crippen LogP contribution is -2.26. The van der Waals surface area contributed by atoms with E-state index in [1.54, 1.807) is 0 Å². The van der Waals surface area contributed by atoms with E-state index in [4.69, 9.17) is 4.74 Å². The minimum absolute atomic E-state index is 0.0130. The van der Waals surface area contributed by atoms with Crippen LogP contribution in [0.5, 0.6) is 0 Å². The van der Waals surface area contributed by atoms with E-state index in [2.05, 4.69) is 21.2 Å². The lowest BCUT2D eigenvalue weighted by molar-refractivity contribution is 0.0936. The first kappa shape index (κ1) is 14.5. The normalized spacial score (nSPS) is 14.4. The van der Waals surface area contributed by atoms with Crippen LogP contribution < -0.4 is 5.32 Å². The van der Waals surface area contributed by atoms with Crippen molar-refractivity contribution in [2.24, 2.45) is 5.92 Å². The quantitative estimate of drug-likeness (QED) is 0.781. The fourth-order valence-corrected chi connectivity index (χ4v) is 2.21. The Bertz CT molecular complexity index is 444. The highest BCUT2D eigenvalue weighted by Gasteiger charge is 2.20. The van der Waals surface area contributed by atoms with Gasteiger partial charge in [0.25, 0.3) is 5.91 Å². The van der Waals surface area contributed by atoms with Crippen molar-refractivity contribution in [1.82, 2.24) is 5.32 Å². The van der Waals surface area contributed by atoms with Gasteiger partial charge < -0.3 is 10.1 Å². The SMILES string of the molecule is Cc1ccc(Br)cc1C(=O)NCCCOCC1CC1. The van der Waals surface area contributed by atoms with E-state index in [1.165, 1.54) is 12.8 Å². The second-order valence-electron chi connectivity index (χ2n) is 5.09. The maximum absolute atomic E-state index is 12.0. The zero-order valence-corrected chi connectivity index (χ0v) is 12.8. The average Bonchev–Trinajstić information content (AvgIpc) is 3.20. The van der Waals surface area contributed by atoms with Gasteiger partial charge in [0.2, 0.25) is 0 Å². The smallest absolute Gasteiger partial charge is 0.251 e. The Hall–Kier alpha value is -0.870. The maximum Gasteiger partial charge on any atom is 0.251 e. The second kappa shape index (κ2) is 7.06. The van der Waals surface area contributed by atoms with Crippen molar-refractivity contribution in [3.8, 4) is 0 Å². The molecule has 0 aromatic heterocycles. The van der Waals surface area contributed by atoms with E-state index in [-0.39, 0.29) is 5.91 Å². The van der Waals surface area contributed by atoms with E-state index in [0.717, 1.165) is 41.2 Å². The van der Waals surface area contributed by atoms with Crippen molar-refractivity contribution in [2.75, 3.05) is 19.8 Å². The highest BCUT2D eigenvalue weighted by atomic mass is 79.9. The van der Waals surface area contributed by atoms with Crippen LogP contribution in [0.4, 0.5) is 0 Å². The van der Waals surface area contributed by atoms with Crippen LogP contribution in [0, 0.1) is 12.8 Å². The van der Waals surface area contributed by atoms with Gasteiger partial charge in [0.1, 0.15) is 0 Å². The molecule has 4 heteroatoms. The Kier molecular flexibility index (Phi) is 5.40. The molecule has 1 N–H and O–H groups in total. The predicted octanol–water partition coefficient (Wildman–Crippen LogP) is 3.30. The number of nitrogens with one attached hydrogen (secondary N) is 1. The van der Waals surface area contributed by atoms with Crippen molar-refractivity contribution in [3.05, 3.63) is 33.8 Å². The van der Waals surface area contributed by atoms with Crippen LogP contribution in [0.2, 0.25) is 0 Å². The molecule has 0 unspecified atom stereocenters. The number of ether oxygens (including phenoxy) is 1. The molecule has 2 rings (SSSR count). The summed E-state index contributed by atoms with van der Waals surface area (Å²) in [5.74, 6) is 0.792. The highest BCUT2D eigenvalue weighted by molar-refractivity contribution is 9.10. The fourth-order valence-electron chi connectivity index (χ4n) is 1.84. The lowest BCUT2D eigenvalue weighted by Gasteiger charge is -2.08. The van der Waals surface area contributed by atoms with Crippen LogP contribution in [-0.4, -0.2) is 25.7 Å². The molecule has 1 amide bonds. The summed E-state index contributed by atoms with van der Waals surface area (Å²) in [5.41, 5.74) is 1.72. The molecule has 1 saturated carbocycles. The third kappa shape index (κ3) is 4.96. The van der Waals surface area contributed by atoms with Crippen LogP contribution in [0.25, 0.3) is 0 Å². The summed E-state index contributed by atoms with van der Waals surface area (Å²) in [6.45, 7) is 4.22. The molecule has 0 spiro atoms. The molecule has 0 radical (unpaired) electrons. The number of benzene rings is 1. The standard InChI is InChI=1S/C15H20BrNO2/c1-11-3-6-13(16)9-14(11)15(18)17-7-2-8-19-10-12-4-5-12/h3,6,9,12H,2,4-5,7-8,10H2,1H3,(H,17,18). The summed E-state index contributed by atoms with van der Waals surface area (Å²) in [6.07, 6.45) is 3.50. The van der Waals surface area contributed by atoms with E-state index >= 15 is 0 Å². The van der Waals surface area contributed by atoms with Gasteiger partial charge in [-0.05, 0) is 49.8 Å². The Morgan fingerprint density at radius 1 is 1.47 bits per heavy atom. The van der Waals surface area contributed by atoms with Crippen molar-refractivity contribution in [3.63, 3.8) is 0 Å². The Balaban J connectivity index is 1.66. The van der Waals surface area contributed by atoms with Crippen molar-refractivity contribution in [2.45, 2.75) is 26.2 Å². The number of amides is 1. The Morgan fingerprint density at radius 2 is 2.26 bits per heavy atom. The number of halogens is 1. The zero-order valence-electron chi connectivity index (χ0n) is 11.2. The first-order valence-electron chi connectivity index (χ1n) is 6.79. The minimum Gasteiger partial charge on any atom is -0.381 e. The van der Waals surface area contributed by atoms with Gasteiger partial charge in [-0.1, -0.05) is 22.0 Å². The van der Waals surface area contributed by atoms with Gasteiger partial charge in [-0.2, -0.15) is 0 Å². The van der Waals surface area contributed by atoms with Crippen LogP contribution >= 0.6 is 15.9 Å². The molecule has 1 aliphatic rings. The molecule has 3 nitrogen and oxygen atoms in total. The molecule has 1 aliphatic carbocycles. The number of rotatable bonds is 7. The molecule has 19 heavy (non-hydrogen) atoms. The summed E-state index contributed by atoms with van der Waals surface area (Å²) < 4.78 is 6.46. The fraction of sp³-hybridized carbons (Fsp3) is 0.533. The minimum atomic E-state index is -0.0130. The van der Waals surface area contributed by atoms with Crippen molar-refractivity contribution in [1.29, 1.82) is 0 Å². The number of hydrogen-bond acceptors (Lipinski definition) is 2.